The van der Waals surface area contributed by atoms with E-state index in [1.54, 1.807) is 6.07 Å². The maximum Gasteiger partial charge on any atom is 0.118 e. The first-order chi connectivity index (χ1) is 7.69. The van der Waals surface area contributed by atoms with Gasteiger partial charge in [0.1, 0.15) is 5.75 Å². The number of phenols is 1. The van der Waals surface area contributed by atoms with Crippen molar-refractivity contribution in [3.05, 3.63) is 35.5 Å². The molecule has 0 aliphatic heterocycles. The van der Waals surface area contributed by atoms with Gasteiger partial charge in [0.2, 0.25) is 0 Å². The molecule has 1 rings (SSSR count). The normalized spacial score (nSPS) is 11.2. The average molecular weight is 218 g/mol. The Morgan fingerprint density at radius 2 is 2.25 bits per heavy atom. The van der Waals surface area contributed by atoms with Crippen LogP contribution >= 0.6 is 0 Å². The largest absolute Gasteiger partial charge is 0.508 e. The molecule has 0 radical (unpaired) electrons. The number of hydrogen-bond donors (Lipinski definition) is 3. The van der Waals surface area contributed by atoms with Crippen molar-refractivity contribution < 1.29 is 5.11 Å². The van der Waals surface area contributed by atoms with Crippen LogP contribution < -0.4 is 5.32 Å². The van der Waals surface area contributed by atoms with Crippen molar-refractivity contribution in [3.8, 4) is 5.75 Å². The molecule has 3 heteroatoms. The van der Waals surface area contributed by atoms with Crippen molar-refractivity contribution in [2.45, 2.75) is 20.3 Å². The van der Waals surface area contributed by atoms with Gasteiger partial charge < -0.3 is 15.8 Å². The number of aryl methyl sites for hydroxylation is 1. The molecule has 0 fully saturated rings. The first-order valence-corrected chi connectivity index (χ1v) is 5.43. The fourth-order valence-corrected chi connectivity index (χ4v) is 1.37. The zero-order valence-corrected chi connectivity index (χ0v) is 9.75. The molecular formula is C13H18N2O. The van der Waals surface area contributed by atoms with Gasteiger partial charge in [-0.15, -0.1) is 0 Å². The summed E-state index contributed by atoms with van der Waals surface area (Å²) >= 11 is 0. The van der Waals surface area contributed by atoms with Crippen LogP contribution in [-0.2, 0) is 0 Å². The highest BCUT2D eigenvalue weighted by atomic mass is 16.3. The third kappa shape index (κ3) is 3.12. The number of nitrogens with one attached hydrogen (secondary N) is 2. The second kappa shape index (κ2) is 5.95. The summed E-state index contributed by atoms with van der Waals surface area (Å²) in [5.74, 6) is 0.287. The Labute approximate surface area is 96.3 Å². The molecule has 0 heterocycles. The zero-order valence-electron chi connectivity index (χ0n) is 9.75. The van der Waals surface area contributed by atoms with Gasteiger partial charge in [0.15, 0.2) is 0 Å². The molecule has 16 heavy (non-hydrogen) atoms. The van der Waals surface area contributed by atoms with Crippen LogP contribution in [-0.4, -0.2) is 17.9 Å². The van der Waals surface area contributed by atoms with E-state index in [-0.39, 0.29) is 5.75 Å². The standard InChI is InChI=1S/C13H18N2O/c1-3-6-15-9-12(8-14)11-4-5-13(16)10(2)7-11/h4-5,7-9,14-16H,3,6H2,1-2H3/b12-9+,14-8?. The predicted octanol–water partition coefficient (Wildman–Crippen LogP) is 2.69. The van der Waals surface area contributed by atoms with Gasteiger partial charge >= 0.3 is 0 Å². The van der Waals surface area contributed by atoms with Crippen LogP contribution in [0.4, 0.5) is 0 Å². The van der Waals surface area contributed by atoms with Gasteiger partial charge in [0.25, 0.3) is 0 Å². The van der Waals surface area contributed by atoms with Crippen molar-refractivity contribution in [3.63, 3.8) is 0 Å². The number of benzene rings is 1. The Kier molecular flexibility index (Phi) is 4.58. The molecule has 0 bridgehead atoms. The molecule has 3 nitrogen and oxygen atoms in total. The Balaban J connectivity index is 2.90. The van der Waals surface area contributed by atoms with E-state index in [9.17, 15) is 5.11 Å². The van der Waals surface area contributed by atoms with Gasteiger partial charge in [-0.2, -0.15) is 0 Å². The molecule has 0 saturated carbocycles. The SMILES string of the molecule is CCCN/C=C(\C=N)c1ccc(O)c(C)c1. The molecule has 1 aromatic carbocycles. The minimum atomic E-state index is 0.287. The summed E-state index contributed by atoms with van der Waals surface area (Å²) in [7, 11) is 0. The maximum atomic E-state index is 9.42. The van der Waals surface area contributed by atoms with E-state index in [1.807, 2.05) is 25.3 Å². The van der Waals surface area contributed by atoms with Crippen LogP contribution in [0.15, 0.2) is 24.4 Å². The molecule has 0 spiro atoms. The highest BCUT2D eigenvalue weighted by Crippen LogP contribution is 2.20. The number of aromatic hydroxyl groups is 1. The lowest BCUT2D eigenvalue weighted by Crippen LogP contribution is -2.07. The summed E-state index contributed by atoms with van der Waals surface area (Å²) in [4.78, 5) is 0. The monoisotopic (exact) mass is 218 g/mol. The van der Waals surface area contributed by atoms with E-state index >= 15 is 0 Å². The Morgan fingerprint density at radius 3 is 2.81 bits per heavy atom. The number of rotatable bonds is 5. The number of hydrogen-bond acceptors (Lipinski definition) is 3. The van der Waals surface area contributed by atoms with Gasteiger partial charge in [0.05, 0.1) is 0 Å². The van der Waals surface area contributed by atoms with Crippen molar-refractivity contribution in [2.24, 2.45) is 0 Å². The van der Waals surface area contributed by atoms with E-state index in [4.69, 9.17) is 5.41 Å². The van der Waals surface area contributed by atoms with Gasteiger partial charge in [-0.25, -0.2) is 0 Å². The first kappa shape index (κ1) is 12.3. The predicted molar refractivity (Wildman–Crippen MR) is 67.9 cm³/mol. The summed E-state index contributed by atoms with van der Waals surface area (Å²) in [6, 6.07) is 5.34. The van der Waals surface area contributed by atoms with Crippen molar-refractivity contribution in [1.29, 1.82) is 5.41 Å². The van der Waals surface area contributed by atoms with Crippen LogP contribution in [0.25, 0.3) is 5.57 Å². The van der Waals surface area contributed by atoms with Gasteiger partial charge in [-0.1, -0.05) is 13.0 Å². The molecule has 86 valence electrons. The molecule has 0 unspecified atom stereocenters. The average Bonchev–Trinajstić information content (AvgIpc) is 2.29. The van der Waals surface area contributed by atoms with Crippen LogP contribution in [0.2, 0.25) is 0 Å². The summed E-state index contributed by atoms with van der Waals surface area (Å²) in [6.07, 6.45) is 4.20. The summed E-state index contributed by atoms with van der Waals surface area (Å²) in [5.41, 5.74) is 2.58. The minimum absolute atomic E-state index is 0.287. The molecule has 0 saturated heterocycles. The second-order valence-electron chi connectivity index (χ2n) is 3.70. The smallest absolute Gasteiger partial charge is 0.118 e. The summed E-state index contributed by atoms with van der Waals surface area (Å²) < 4.78 is 0. The molecular weight excluding hydrogens is 200 g/mol. The number of allylic oxidation sites excluding steroid dienone is 1. The van der Waals surface area contributed by atoms with Crippen molar-refractivity contribution >= 4 is 11.8 Å². The quantitative estimate of drug-likeness (QED) is 0.525. The molecule has 0 aliphatic carbocycles. The van der Waals surface area contributed by atoms with E-state index < -0.39 is 0 Å². The molecule has 0 amide bonds. The third-order valence-corrected chi connectivity index (χ3v) is 2.34. The van der Waals surface area contributed by atoms with E-state index in [0.717, 1.165) is 29.7 Å². The zero-order chi connectivity index (χ0) is 12.0. The van der Waals surface area contributed by atoms with Crippen LogP contribution in [0.3, 0.4) is 0 Å². The highest BCUT2D eigenvalue weighted by molar-refractivity contribution is 6.08. The van der Waals surface area contributed by atoms with E-state index in [1.165, 1.54) is 6.21 Å². The summed E-state index contributed by atoms with van der Waals surface area (Å²) in [5, 5.41) is 19.9. The number of phenolic OH excluding ortho intramolecular Hbond substituents is 1. The molecule has 0 aromatic heterocycles. The van der Waals surface area contributed by atoms with Gasteiger partial charge in [-0.05, 0) is 36.6 Å². The Bertz CT molecular complexity index is 397. The fraction of sp³-hybridized carbons (Fsp3) is 0.308. The van der Waals surface area contributed by atoms with Gasteiger partial charge in [-0.3, -0.25) is 0 Å². The third-order valence-electron chi connectivity index (χ3n) is 2.34. The van der Waals surface area contributed by atoms with Crippen LogP contribution in [0.1, 0.15) is 24.5 Å². The van der Waals surface area contributed by atoms with Crippen LogP contribution in [0, 0.1) is 12.3 Å². The lowest BCUT2D eigenvalue weighted by atomic mass is 10.0. The first-order valence-electron chi connectivity index (χ1n) is 5.43. The fourth-order valence-electron chi connectivity index (χ4n) is 1.37. The Hall–Kier alpha value is -1.77. The van der Waals surface area contributed by atoms with Crippen LogP contribution in [0.5, 0.6) is 5.75 Å². The topological polar surface area (TPSA) is 56.1 Å². The molecule has 0 atom stereocenters. The lowest BCUT2D eigenvalue weighted by molar-refractivity contribution is 0.471. The van der Waals surface area contributed by atoms with Gasteiger partial charge in [0, 0.05) is 24.5 Å². The van der Waals surface area contributed by atoms with E-state index in [2.05, 4.69) is 12.2 Å². The second-order valence-corrected chi connectivity index (χ2v) is 3.70. The Morgan fingerprint density at radius 1 is 1.50 bits per heavy atom. The molecule has 3 N–H and O–H groups in total. The molecule has 0 aliphatic rings. The van der Waals surface area contributed by atoms with E-state index in [0.29, 0.717) is 0 Å². The van der Waals surface area contributed by atoms with Crippen molar-refractivity contribution in [1.82, 2.24) is 5.32 Å². The lowest BCUT2D eigenvalue weighted by Gasteiger charge is -2.06. The molecule has 1 aromatic rings. The highest BCUT2D eigenvalue weighted by Gasteiger charge is 2.01. The minimum Gasteiger partial charge on any atom is -0.508 e. The van der Waals surface area contributed by atoms with Crippen molar-refractivity contribution in [2.75, 3.05) is 6.54 Å². The maximum absolute atomic E-state index is 9.42. The summed E-state index contributed by atoms with van der Waals surface area (Å²) in [6.45, 7) is 4.84.